The van der Waals surface area contributed by atoms with Gasteiger partial charge in [0.05, 0.1) is 13.2 Å². The van der Waals surface area contributed by atoms with E-state index in [1.807, 2.05) is 0 Å². The minimum absolute atomic E-state index is 0.0423. The maximum Gasteiger partial charge on any atom is 0.134 e. The molecule has 0 saturated carbocycles. The molecule has 0 radical (unpaired) electrons. The van der Waals surface area contributed by atoms with Gasteiger partial charge in [-0.1, -0.05) is 18.2 Å². The fourth-order valence-electron chi connectivity index (χ4n) is 2.04. The van der Waals surface area contributed by atoms with Crippen molar-refractivity contribution in [2.75, 3.05) is 7.11 Å². The minimum Gasteiger partial charge on any atom is -0.497 e. The van der Waals surface area contributed by atoms with Gasteiger partial charge in [-0.25, -0.2) is 13.2 Å². The number of hydrogen-bond acceptors (Lipinski definition) is 2. The summed E-state index contributed by atoms with van der Waals surface area (Å²) in [6.45, 7) is 1.56. The molecule has 0 aliphatic rings. The molecule has 0 bridgehead atoms. The number of rotatable bonds is 3. The summed E-state index contributed by atoms with van der Waals surface area (Å²) in [7, 11) is 1.30. The maximum absolute atomic E-state index is 14.0. The highest BCUT2D eigenvalue weighted by atomic mass is 19.1. The number of methoxy groups -OCH3 is 1. The Hall–Kier alpha value is -2.01. The van der Waals surface area contributed by atoms with Crippen molar-refractivity contribution in [2.24, 2.45) is 5.73 Å². The van der Waals surface area contributed by atoms with Crippen LogP contribution in [0.5, 0.6) is 5.75 Å². The number of benzene rings is 2. The predicted molar refractivity (Wildman–Crippen MR) is 70.1 cm³/mol. The Morgan fingerprint density at radius 2 is 1.70 bits per heavy atom. The molecule has 2 N–H and O–H groups in total. The van der Waals surface area contributed by atoms with Gasteiger partial charge in [0.1, 0.15) is 23.2 Å². The minimum atomic E-state index is -1.22. The Balaban J connectivity index is 2.54. The number of aryl methyl sites for hydroxylation is 1. The van der Waals surface area contributed by atoms with Crippen LogP contribution in [0.4, 0.5) is 13.2 Å². The quantitative estimate of drug-likeness (QED) is 0.935. The number of ether oxygens (including phenoxy) is 1. The average Bonchev–Trinajstić information content (AvgIpc) is 2.40. The zero-order valence-electron chi connectivity index (χ0n) is 11.1. The Morgan fingerprint density at radius 3 is 2.25 bits per heavy atom. The van der Waals surface area contributed by atoms with E-state index in [9.17, 15) is 13.2 Å². The molecule has 1 unspecified atom stereocenters. The van der Waals surface area contributed by atoms with Crippen molar-refractivity contribution in [1.29, 1.82) is 0 Å². The van der Waals surface area contributed by atoms with Crippen LogP contribution < -0.4 is 10.5 Å². The van der Waals surface area contributed by atoms with Gasteiger partial charge >= 0.3 is 0 Å². The Labute approximate surface area is 115 Å². The lowest BCUT2D eigenvalue weighted by molar-refractivity contribution is 0.404. The highest BCUT2D eigenvalue weighted by Crippen LogP contribution is 2.30. The van der Waals surface area contributed by atoms with Crippen LogP contribution in [0.1, 0.15) is 22.7 Å². The average molecular weight is 281 g/mol. The molecular weight excluding hydrogens is 267 g/mol. The topological polar surface area (TPSA) is 35.2 Å². The Kier molecular flexibility index (Phi) is 3.99. The highest BCUT2D eigenvalue weighted by molar-refractivity contribution is 5.39. The zero-order valence-corrected chi connectivity index (χ0v) is 11.1. The summed E-state index contributed by atoms with van der Waals surface area (Å²) in [6, 6.07) is 5.38. The van der Waals surface area contributed by atoms with Crippen LogP contribution in [0.3, 0.4) is 0 Å². The molecule has 106 valence electrons. The number of hydrogen-bond donors (Lipinski definition) is 1. The van der Waals surface area contributed by atoms with E-state index in [1.165, 1.54) is 13.2 Å². The monoisotopic (exact) mass is 281 g/mol. The predicted octanol–water partition coefficient (Wildman–Crippen LogP) is 3.47. The lowest BCUT2D eigenvalue weighted by atomic mass is 9.96. The van der Waals surface area contributed by atoms with Crippen molar-refractivity contribution < 1.29 is 17.9 Å². The molecule has 2 aromatic rings. The van der Waals surface area contributed by atoms with Gasteiger partial charge in [-0.15, -0.1) is 0 Å². The standard InChI is InChI=1S/C15H14F3NO/c1-8-4-3-5-10(14(8)18)15(19)13-11(16)6-9(20-2)7-12(13)17/h3-7,15H,19H2,1-2H3. The largest absolute Gasteiger partial charge is 0.497 e. The van der Waals surface area contributed by atoms with Crippen LogP contribution in [0.25, 0.3) is 0 Å². The van der Waals surface area contributed by atoms with Gasteiger partial charge in [-0.05, 0) is 12.5 Å². The number of nitrogens with two attached hydrogens (primary N) is 1. The van der Waals surface area contributed by atoms with E-state index in [-0.39, 0.29) is 16.9 Å². The van der Waals surface area contributed by atoms with Gasteiger partial charge < -0.3 is 10.5 Å². The second kappa shape index (κ2) is 5.54. The first-order chi connectivity index (χ1) is 9.45. The first kappa shape index (κ1) is 14.4. The molecule has 0 amide bonds. The van der Waals surface area contributed by atoms with Crippen molar-refractivity contribution in [3.63, 3.8) is 0 Å². The fraction of sp³-hybridized carbons (Fsp3) is 0.200. The van der Waals surface area contributed by atoms with Crippen molar-refractivity contribution >= 4 is 0 Å². The molecule has 0 aromatic heterocycles. The molecule has 2 rings (SSSR count). The van der Waals surface area contributed by atoms with E-state index in [4.69, 9.17) is 10.5 Å². The van der Waals surface area contributed by atoms with Crippen molar-refractivity contribution in [3.8, 4) is 5.75 Å². The molecule has 1 atom stereocenters. The summed E-state index contributed by atoms with van der Waals surface area (Å²) in [5.74, 6) is -2.25. The second-order valence-corrected chi connectivity index (χ2v) is 4.46. The molecule has 0 aliphatic carbocycles. The lowest BCUT2D eigenvalue weighted by Gasteiger charge is -2.16. The molecule has 5 heteroatoms. The van der Waals surface area contributed by atoms with Gasteiger partial charge in [-0.3, -0.25) is 0 Å². The van der Waals surface area contributed by atoms with E-state index in [0.29, 0.717) is 5.56 Å². The third-order valence-electron chi connectivity index (χ3n) is 3.16. The van der Waals surface area contributed by atoms with E-state index >= 15 is 0 Å². The molecule has 0 fully saturated rings. The van der Waals surface area contributed by atoms with Gasteiger partial charge in [0.15, 0.2) is 0 Å². The maximum atomic E-state index is 14.0. The van der Waals surface area contributed by atoms with Crippen LogP contribution in [0, 0.1) is 24.4 Å². The molecule has 2 aromatic carbocycles. The van der Waals surface area contributed by atoms with Gasteiger partial charge in [0, 0.05) is 23.3 Å². The van der Waals surface area contributed by atoms with Crippen molar-refractivity contribution in [1.82, 2.24) is 0 Å². The van der Waals surface area contributed by atoms with E-state index in [2.05, 4.69) is 0 Å². The van der Waals surface area contributed by atoms with Crippen LogP contribution in [0.15, 0.2) is 30.3 Å². The molecule has 0 spiro atoms. The summed E-state index contributed by atoms with van der Waals surface area (Å²) in [4.78, 5) is 0. The summed E-state index contributed by atoms with van der Waals surface area (Å²) in [5.41, 5.74) is 5.86. The van der Waals surface area contributed by atoms with Crippen LogP contribution in [-0.2, 0) is 0 Å². The summed E-state index contributed by atoms with van der Waals surface area (Å²) in [6.07, 6.45) is 0. The summed E-state index contributed by atoms with van der Waals surface area (Å²) in [5, 5.41) is 0. The van der Waals surface area contributed by atoms with Gasteiger partial charge in [0.2, 0.25) is 0 Å². The van der Waals surface area contributed by atoms with E-state index in [0.717, 1.165) is 12.1 Å². The molecule has 20 heavy (non-hydrogen) atoms. The molecule has 2 nitrogen and oxygen atoms in total. The van der Waals surface area contributed by atoms with Gasteiger partial charge in [-0.2, -0.15) is 0 Å². The third kappa shape index (κ3) is 2.49. The molecule has 0 aliphatic heterocycles. The Morgan fingerprint density at radius 1 is 1.10 bits per heavy atom. The number of halogens is 3. The Bertz CT molecular complexity index is 620. The third-order valence-corrected chi connectivity index (χ3v) is 3.16. The molecule has 0 saturated heterocycles. The second-order valence-electron chi connectivity index (χ2n) is 4.46. The smallest absolute Gasteiger partial charge is 0.134 e. The first-order valence-electron chi connectivity index (χ1n) is 5.99. The summed E-state index contributed by atoms with van der Waals surface area (Å²) < 4.78 is 46.6. The van der Waals surface area contributed by atoms with E-state index < -0.39 is 23.5 Å². The first-order valence-corrected chi connectivity index (χ1v) is 5.99. The zero-order chi connectivity index (χ0) is 14.9. The van der Waals surface area contributed by atoms with Crippen LogP contribution >= 0.6 is 0 Å². The molecule has 0 heterocycles. The van der Waals surface area contributed by atoms with Crippen molar-refractivity contribution in [2.45, 2.75) is 13.0 Å². The van der Waals surface area contributed by atoms with Crippen molar-refractivity contribution in [3.05, 3.63) is 64.5 Å². The van der Waals surface area contributed by atoms with Crippen LogP contribution in [0.2, 0.25) is 0 Å². The van der Waals surface area contributed by atoms with E-state index in [1.54, 1.807) is 19.1 Å². The lowest BCUT2D eigenvalue weighted by Crippen LogP contribution is -2.17. The fourth-order valence-corrected chi connectivity index (χ4v) is 2.04. The normalized spacial score (nSPS) is 12.3. The van der Waals surface area contributed by atoms with Crippen LogP contribution in [-0.4, -0.2) is 7.11 Å². The summed E-state index contributed by atoms with van der Waals surface area (Å²) >= 11 is 0. The SMILES string of the molecule is COc1cc(F)c(C(N)c2cccc(C)c2F)c(F)c1. The van der Waals surface area contributed by atoms with Gasteiger partial charge in [0.25, 0.3) is 0 Å². The highest BCUT2D eigenvalue weighted by Gasteiger charge is 2.22. The molecular formula is C15H14F3NO.